The molecule has 0 radical (unpaired) electrons. The fourth-order valence-electron chi connectivity index (χ4n) is 0.774. The second-order valence-corrected chi connectivity index (χ2v) is 2.76. The van der Waals surface area contributed by atoms with E-state index in [0.717, 1.165) is 12.1 Å². The second-order valence-electron chi connectivity index (χ2n) is 2.76. The van der Waals surface area contributed by atoms with Crippen LogP contribution in [0, 0.1) is 11.6 Å². The summed E-state index contributed by atoms with van der Waals surface area (Å²) in [5, 5.41) is 0. The molecule has 2 N–H and O–H groups in total. The van der Waals surface area contributed by atoms with Crippen LogP contribution in [0.5, 0.6) is 5.75 Å². The highest BCUT2D eigenvalue weighted by Crippen LogP contribution is 2.20. The Morgan fingerprint density at radius 1 is 1.43 bits per heavy atom. The SMILES string of the molecule is C[C@H](N)C(=O)Oc1c(F)cccc1F. The van der Waals surface area contributed by atoms with Crippen LogP contribution < -0.4 is 10.5 Å². The van der Waals surface area contributed by atoms with Crippen LogP contribution in [0.4, 0.5) is 8.78 Å². The predicted octanol–water partition coefficient (Wildman–Crippen LogP) is 1.22. The highest BCUT2D eigenvalue weighted by Gasteiger charge is 2.16. The monoisotopic (exact) mass is 201 g/mol. The molecule has 0 aromatic heterocycles. The zero-order chi connectivity index (χ0) is 10.7. The van der Waals surface area contributed by atoms with Crippen LogP contribution in [-0.2, 0) is 4.79 Å². The van der Waals surface area contributed by atoms with Crippen molar-refractivity contribution in [2.24, 2.45) is 5.73 Å². The fourth-order valence-corrected chi connectivity index (χ4v) is 0.774. The van der Waals surface area contributed by atoms with Gasteiger partial charge in [0, 0.05) is 0 Å². The number of carbonyl (C=O) groups is 1. The van der Waals surface area contributed by atoms with Crippen LogP contribution in [0.15, 0.2) is 18.2 Å². The largest absolute Gasteiger partial charge is 0.419 e. The molecular formula is C9H9F2NO2. The summed E-state index contributed by atoms with van der Waals surface area (Å²) in [4.78, 5) is 10.9. The Balaban J connectivity index is 2.91. The second kappa shape index (κ2) is 4.15. The lowest BCUT2D eigenvalue weighted by Gasteiger charge is -2.07. The van der Waals surface area contributed by atoms with Gasteiger partial charge in [-0.3, -0.25) is 0 Å². The molecule has 0 aliphatic heterocycles. The van der Waals surface area contributed by atoms with Crippen molar-refractivity contribution in [1.82, 2.24) is 0 Å². The summed E-state index contributed by atoms with van der Waals surface area (Å²) in [6.07, 6.45) is 0. The molecule has 3 nitrogen and oxygen atoms in total. The van der Waals surface area contributed by atoms with Gasteiger partial charge in [-0.2, -0.15) is 0 Å². The summed E-state index contributed by atoms with van der Waals surface area (Å²) < 4.78 is 30.3. The Morgan fingerprint density at radius 2 is 1.93 bits per heavy atom. The highest BCUT2D eigenvalue weighted by atomic mass is 19.1. The molecule has 76 valence electrons. The molecule has 1 atom stereocenters. The normalized spacial score (nSPS) is 12.3. The van der Waals surface area contributed by atoms with Crippen LogP contribution in [0.25, 0.3) is 0 Å². The van der Waals surface area contributed by atoms with Crippen molar-refractivity contribution in [3.05, 3.63) is 29.8 Å². The number of ether oxygens (including phenoxy) is 1. The van der Waals surface area contributed by atoms with E-state index in [1.165, 1.54) is 13.0 Å². The van der Waals surface area contributed by atoms with E-state index in [9.17, 15) is 13.6 Å². The van der Waals surface area contributed by atoms with Gasteiger partial charge >= 0.3 is 5.97 Å². The molecule has 0 bridgehead atoms. The molecule has 0 spiro atoms. The van der Waals surface area contributed by atoms with Gasteiger partial charge in [-0.15, -0.1) is 0 Å². The number of halogens is 2. The fraction of sp³-hybridized carbons (Fsp3) is 0.222. The van der Waals surface area contributed by atoms with Gasteiger partial charge in [-0.05, 0) is 19.1 Å². The Bertz CT molecular complexity index is 332. The first kappa shape index (κ1) is 10.6. The van der Waals surface area contributed by atoms with E-state index in [0.29, 0.717) is 0 Å². The van der Waals surface area contributed by atoms with Crippen LogP contribution >= 0.6 is 0 Å². The van der Waals surface area contributed by atoms with Crippen molar-refractivity contribution in [1.29, 1.82) is 0 Å². The standard InChI is InChI=1S/C9H9F2NO2/c1-5(12)9(13)14-8-6(10)3-2-4-7(8)11/h2-5H,12H2,1H3/t5-/m0/s1. The number of hydrogen-bond donors (Lipinski definition) is 1. The van der Waals surface area contributed by atoms with Crippen molar-refractivity contribution < 1.29 is 18.3 Å². The number of benzene rings is 1. The summed E-state index contributed by atoms with van der Waals surface area (Å²) in [6.45, 7) is 1.36. The Labute approximate surface area is 79.5 Å². The topological polar surface area (TPSA) is 52.3 Å². The van der Waals surface area contributed by atoms with Gasteiger partial charge < -0.3 is 10.5 Å². The maximum absolute atomic E-state index is 12.9. The zero-order valence-corrected chi connectivity index (χ0v) is 7.46. The first-order chi connectivity index (χ1) is 6.52. The molecule has 0 aliphatic rings. The third-order valence-corrected chi connectivity index (χ3v) is 1.49. The predicted molar refractivity (Wildman–Crippen MR) is 45.6 cm³/mol. The molecular weight excluding hydrogens is 192 g/mol. The number of rotatable bonds is 2. The van der Waals surface area contributed by atoms with E-state index in [1.54, 1.807) is 0 Å². The van der Waals surface area contributed by atoms with Gasteiger partial charge in [0.15, 0.2) is 11.6 Å². The van der Waals surface area contributed by atoms with E-state index >= 15 is 0 Å². The van der Waals surface area contributed by atoms with Crippen molar-refractivity contribution >= 4 is 5.97 Å². The number of esters is 1. The summed E-state index contributed by atoms with van der Waals surface area (Å²) >= 11 is 0. The molecule has 1 rings (SSSR count). The lowest BCUT2D eigenvalue weighted by atomic mass is 10.3. The summed E-state index contributed by atoms with van der Waals surface area (Å²) in [6, 6.07) is 2.24. The van der Waals surface area contributed by atoms with Gasteiger partial charge in [0.05, 0.1) is 0 Å². The number of nitrogens with two attached hydrogens (primary N) is 1. The minimum absolute atomic E-state index is 0.713. The van der Waals surface area contributed by atoms with E-state index in [4.69, 9.17) is 5.73 Å². The van der Waals surface area contributed by atoms with Crippen molar-refractivity contribution in [3.8, 4) is 5.75 Å². The Hall–Kier alpha value is -1.49. The lowest BCUT2D eigenvalue weighted by Crippen LogP contribution is -2.31. The molecule has 0 saturated heterocycles. The minimum Gasteiger partial charge on any atom is -0.419 e. The van der Waals surface area contributed by atoms with Crippen LogP contribution in [0.2, 0.25) is 0 Å². The molecule has 5 heteroatoms. The van der Waals surface area contributed by atoms with E-state index in [1.807, 2.05) is 0 Å². The molecule has 0 unspecified atom stereocenters. The van der Waals surface area contributed by atoms with Gasteiger partial charge in [-0.1, -0.05) is 6.07 Å². The quantitative estimate of drug-likeness (QED) is 0.578. The Morgan fingerprint density at radius 3 is 2.36 bits per heavy atom. The third kappa shape index (κ3) is 2.26. The minimum atomic E-state index is -0.931. The summed E-state index contributed by atoms with van der Waals surface area (Å²) in [5.74, 6) is -3.46. The molecule has 14 heavy (non-hydrogen) atoms. The average Bonchev–Trinajstić information content (AvgIpc) is 2.11. The molecule has 1 aromatic carbocycles. The summed E-state index contributed by atoms with van der Waals surface area (Å²) in [5.41, 5.74) is 5.16. The Kier molecular flexibility index (Phi) is 3.14. The van der Waals surface area contributed by atoms with Crippen LogP contribution in [-0.4, -0.2) is 12.0 Å². The van der Waals surface area contributed by atoms with Crippen molar-refractivity contribution in [3.63, 3.8) is 0 Å². The number of para-hydroxylation sites is 1. The number of hydrogen-bond acceptors (Lipinski definition) is 3. The molecule has 0 amide bonds. The van der Waals surface area contributed by atoms with Gasteiger partial charge in [0.25, 0.3) is 0 Å². The smallest absolute Gasteiger partial charge is 0.328 e. The number of carbonyl (C=O) groups excluding carboxylic acids is 1. The van der Waals surface area contributed by atoms with Gasteiger partial charge in [0.1, 0.15) is 6.04 Å². The molecule has 0 saturated carbocycles. The average molecular weight is 201 g/mol. The molecule has 0 aliphatic carbocycles. The van der Waals surface area contributed by atoms with Gasteiger partial charge in [-0.25, -0.2) is 13.6 Å². The van der Waals surface area contributed by atoms with Crippen molar-refractivity contribution in [2.45, 2.75) is 13.0 Å². The molecule has 0 heterocycles. The maximum atomic E-state index is 12.9. The highest BCUT2D eigenvalue weighted by molar-refractivity contribution is 5.77. The lowest BCUT2D eigenvalue weighted by molar-refractivity contribution is -0.135. The molecule has 1 aromatic rings. The first-order valence-corrected chi connectivity index (χ1v) is 3.93. The third-order valence-electron chi connectivity index (χ3n) is 1.49. The van der Waals surface area contributed by atoms with Gasteiger partial charge in [0.2, 0.25) is 5.75 Å². The zero-order valence-electron chi connectivity index (χ0n) is 7.46. The summed E-state index contributed by atoms with van der Waals surface area (Å²) in [7, 11) is 0. The van der Waals surface area contributed by atoms with Crippen LogP contribution in [0.1, 0.15) is 6.92 Å². The first-order valence-electron chi connectivity index (χ1n) is 3.93. The van der Waals surface area contributed by atoms with E-state index in [-0.39, 0.29) is 0 Å². The van der Waals surface area contributed by atoms with Crippen LogP contribution in [0.3, 0.4) is 0 Å². The van der Waals surface area contributed by atoms with E-state index in [2.05, 4.69) is 4.74 Å². The molecule has 0 fully saturated rings. The maximum Gasteiger partial charge on any atom is 0.328 e. The van der Waals surface area contributed by atoms with E-state index < -0.39 is 29.4 Å². The van der Waals surface area contributed by atoms with Crippen molar-refractivity contribution in [2.75, 3.05) is 0 Å².